The van der Waals surface area contributed by atoms with Crippen molar-refractivity contribution in [3.05, 3.63) is 107 Å². The fourth-order valence-electron chi connectivity index (χ4n) is 4.01. The number of aryl methyl sites for hydroxylation is 1. The zero-order valence-corrected chi connectivity index (χ0v) is 24.2. The normalized spacial score (nSPS) is 11.6. The number of amides is 2. The summed E-state index contributed by atoms with van der Waals surface area (Å²) >= 11 is 0. The number of aromatic hydroxyl groups is 1. The minimum Gasteiger partial charge on any atom is -0.507 e. The maximum Gasteiger partial charge on any atom is 0.291 e. The number of nitrogens with one attached hydrogen (secondary N) is 1. The number of nitrogens with zero attached hydrogens (tertiary/aromatic N) is 3. The zero-order valence-electron chi connectivity index (χ0n) is 23.4. The van der Waals surface area contributed by atoms with Gasteiger partial charge in [-0.3, -0.25) is 14.6 Å². The van der Waals surface area contributed by atoms with Gasteiger partial charge in [-0.2, -0.15) is 4.36 Å². The van der Waals surface area contributed by atoms with Crippen LogP contribution < -0.4 is 5.32 Å². The highest BCUT2D eigenvalue weighted by Gasteiger charge is 2.14. The fourth-order valence-corrected chi connectivity index (χ4v) is 5.67. The summed E-state index contributed by atoms with van der Waals surface area (Å²) in [6, 6.07) is 17.4. The first-order valence-electron chi connectivity index (χ1n) is 13.3. The van der Waals surface area contributed by atoms with Gasteiger partial charge in [0.1, 0.15) is 5.75 Å². The summed E-state index contributed by atoms with van der Waals surface area (Å²) in [7, 11) is 1.04. The predicted octanol–water partition coefficient (Wildman–Crippen LogP) is 4.66. The first-order valence-corrected chi connectivity index (χ1v) is 14.7. The molecule has 4 rings (SSSR count). The van der Waals surface area contributed by atoms with Crippen LogP contribution in [0.15, 0.2) is 93.0 Å². The summed E-state index contributed by atoms with van der Waals surface area (Å²) in [6.07, 6.45) is 5.22. The number of aliphatic hydroxyl groups is 1. The molecule has 2 aromatic carbocycles. The molecule has 2 amide bonds. The molecule has 0 fully saturated rings. The second-order valence-electron chi connectivity index (χ2n) is 9.49. The number of phenolic OH excluding ortho intramolecular Hbond substituents is 1. The van der Waals surface area contributed by atoms with Gasteiger partial charge in [0.25, 0.3) is 11.8 Å². The molecule has 2 heterocycles. The van der Waals surface area contributed by atoms with Crippen LogP contribution in [0.5, 0.6) is 5.75 Å². The lowest BCUT2D eigenvalue weighted by molar-refractivity contribution is 0.0991. The molecule has 0 saturated carbocycles. The van der Waals surface area contributed by atoms with Crippen molar-refractivity contribution in [2.24, 2.45) is 4.36 Å². The highest BCUT2D eigenvalue weighted by atomic mass is 32.2. The number of likely N-dealkylation sites (N-methyl/N-ethyl adjacent to an activating group) is 1. The monoisotopic (exact) mass is 584 g/mol. The molecule has 10 heteroatoms. The van der Waals surface area contributed by atoms with E-state index in [9.17, 15) is 14.7 Å². The van der Waals surface area contributed by atoms with Crippen molar-refractivity contribution in [3.8, 4) is 17.6 Å². The third-order valence-electron chi connectivity index (χ3n) is 6.20. The Kier molecular flexibility index (Phi) is 10.8. The van der Waals surface area contributed by atoms with E-state index in [1.807, 2.05) is 24.1 Å². The summed E-state index contributed by atoms with van der Waals surface area (Å²) in [6.45, 7) is 3.15. The lowest BCUT2D eigenvalue weighted by atomic mass is 10.1. The van der Waals surface area contributed by atoms with Crippen LogP contribution in [0.3, 0.4) is 0 Å². The van der Waals surface area contributed by atoms with Gasteiger partial charge in [0.2, 0.25) is 0 Å². The van der Waals surface area contributed by atoms with Crippen molar-refractivity contribution in [3.63, 3.8) is 0 Å². The van der Waals surface area contributed by atoms with Crippen LogP contribution in [0.25, 0.3) is 0 Å². The molecule has 42 heavy (non-hydrogen) atoms. The maximum absolute atomic E-state index is 13.2. The van der Waals surface area contributed by atoms with Crippen molar-refractivity contribution < 1.29 is 24.2 Å². The number of aromatic nitrogens is 1. The number of aliphatic hydroxyl groups excluding tert-OH is 1. The fraction of sp³-hybridized carbons (Fsp3) is 0.219. The van der Waals surface area contributed by atoms with E-state index in [0.717, 1.165) is 18.5 Å². The van der Waals surface area contributed by atoms with E-state index in [2.05, 4.69) is 26.5 Å². The van der Waals surface area contributed by atoms with Gasteiger partial charge < -0.3 is 24.8 Å². The molecule has 0 aliphatic rings. The van der Waals surface area contributed by atoms with Crippen molar-refractivity contribution in [1.29, 1.82) is 0 Å². The Morgan fingerprint density at radius 3 is 2.62 bits per heavy atom. The molecule has 9 nitrogen and oxygen atoms in total. The molecule has 0 bridgehead atoms. The van der Waals surface area contributed by atoms with Gasteiger partial charge in [-0.05, 0) is 69.4 Å². The van der Waals surface area contributed by atoms with Crippen LogP contribution in [0, 0.1) is 18.8 Å². The van der Waals surface area contributed by atoms with Gasteiger partial charge in [0, 0.05) is 47.1 Å². The molecule has 2 aromatic heterocycles. The predicted molar refractivity (Wildman–Crippen MR) is 163 cm³/mol. The van der Waals surface area contributed by atoms with Crippen LogP contribution in [0.4, 0.5) is 5.69 Å². The van der Waals surface area contributed by atoms with Crippen LogP contribution in [0.2, 0.25) is 0 Å². The molecule has 3 N–H and O–H groups in total. The lowest BCUT2D eigenvalue weighted by Gasteiger charge is -2.16. The van der Waals surface area contributed by atoms with E-state index in [1.54, 1.807) is 61.7 Å². The van der Waals surface area contributed by atoms with Crippen molar-refractivity contribution >= 4 is 28.2 Å². The SMILES string of the molecule is Cc1ccoc1C(=O)Nc1cccc(C#Cc2cncc(C(=O)N=S(CCCN(C)CCO)c3ccccc3O)c2)c1. The number of pyridine rings is 1. The smallest absolute Gasteiger partial charge is 0.291 e. The summed E-state index contributed by atoms with van der Waals surface area (Å²) in [4.78, 5) is 32.5. The molecule has 216 valence electrons. The van der Waals surface area contributed by atoms with Crippen LogP contribution in [0.1, 0.15) is 44.0 Å². The highest BCUT2D eigenvalue weighted by molar-refractivity contribution is 7.87. The van der Waals surface area contributed by atoms with E-state index in [0.29, 0.717) is 39.6 Å². The Bertz CT molecular complexity index is 1650. The molecule has 0 radical (unpaired) electrons. The average Bonchev–Trinajstić information content (AvgIpc) is 3.42. The minimum absolute atomic E-state index is 0.0737. The Morgan fingerprint density at radius 2 is 1.86 bits per heavy atom. The van der Waals surface area contributed by atoms with Gasteiger partial charge >= 0.3 is 0 Å². The van der Waals surface area contributed by atoms with E-state index < -0.39 is 16.6 Å². The largest absolute Gasteiger partial charge is 0.507 e. The first-order chi connectivity index (χ1) is 20.3. The number of anilines is 1. The number of carbonyl (C=O) groups excluding carboxylic acids is 2. The Morgan fingerprint density at radius 1 is 1.05 bits per heavy atom. The number of carbonyl (C=O) groups is 2. The topological polar surface area (TPSA) is 128 Å². The van der Waals surface area contributed by atoms with Crippen molar-refractivity contribution in [2.75, 3.05) is 37.8 Å². The quantitative estimate of drug-likeness (QED) is 0.231. The number of rotatable bonds is 10. The lowest BCUT2D eigenvalue weighted by Crippen LogP contribution is -2.24. The van der Waals surface area contributed by atoms with Gasteiger partial charge in [-0.25, -0.2) is 0 Å². The molecule has 1 unspecified atom stereocenters. The molecule has 0 aliphatic heterocycles. The number of hydrogen-bond donors (Lipinski definition) is 3. The molecule has 4 aromatic rings. The van der Waals surface area contributed by atoms with E-state index in [4.69, 9.17) is 9.52 Å². The van der Waals surface area contributed by atoms with Gasteiger partial charge in [0.05, 0.1) is 23.3 Å². The summed E-state index contributed by atoms with van der Waals surface area (Å²) < 4.78 is 9.72. The second-order valence-corrected chi connectivity index (χ2v) is 11.3. The Balaban J connectivity index is 1.50. The molecular weight excluding hydrogens is 552 g/mol. The van der Waals surface area contributed by atoms with E-state index >= 15 is 0 Å². The third kappa shape index (κ3) is 8.47. The Labute approximate surface area is 247 Å². The molecule has 0 spiro atoms. The van der Waals surface area contributed by atoms with Gasteiger partial charge in [-0.1, -0.05) is 40.7 Å². The highest BCUT2D eigenvalue weighted by Crippen LogP contribution is 2.23. The van der Waals surface area contributed by atoms with E-state index in [1.165, 1.54) is 12.5 Å². The maximum atomic E-state index is 13.2. The summed E-state index contributed by atoms with van der Waals surface area (Å²) in [5.41, 5.74) is 2.81. The third-order valence-corrected chi connectivity index (χ3v) is 8.11. The first kappa shape index (κ1) is 30.4. The second kappa shape index (κ2) is 14.9. The summed E-state index contributed by atoms with van der Waals surface area (Å²) in [5, 5.41) is 22.4. The van der Waals surface area contributed by atoms with Crippen LogP contribution in [-0.4, -0.2) is 64.4 Å². The number of benzene rings is 2. The molecule has 1 atom stereocenters. The number of para-hydroxylation sites is 1. The number of hydrogen-bond acceptors (Lipinski definition) is 7. The van der Waals surface area contributed by atoms with Gasteiger partial charge in [-0.15, -0.1) is 0 Å². The Hall–Kier alpha value is -4.56. The van der Waals surface area contributed by atoms with Gasteiger partial charge in [0.15, 0.2) is 5.76 Å². The summed E-state index contributed by atoms with van der Waals surface area (Å²) in [5.74, 6) is 6.20. The number of furan rings is 1. The number of phenols is 1. The molecule has 0 saturated heterocycles. The average molecular weight is 585 g/mol. The molecular formula is C32H32N4O5S. The van der Waals surface area contributed by atoms with Crippen LogP contribution in [-0.2, 0) is 10.7 Å². The zero-order chi connectivity index (χ0) is 29.9. The minimum atomic E-state index is -0.880. The molecule has 0 aliphatic carbocycles. The van der Waals surface area contributed by atoms with E-state index in [-0.39, 0.29) is 24.0 Å². The van der Waals surface area contributed by atoms with Crippen molar-refractivity contribution in [2.45, 2.75) is 18.2 Å². The standard InChI is InChI=1S/C32H32N4O5S/c1-23-13-17-41-30(23)32(40)34-27-8-5-7-24(20-27)11-12-25-19-26(22-33-21-25)31(39)35-42(18-6-14-36(2)15-16-37)29-10-4-3-9-28(29)38/h3-5,7-10,13,17,19-22,37-38H,6,14-16,18H2,1-2H3,(H,34,40). The van der Waals surface area contributed by atoms with Crippen LogP contribution >= 0.6 is 0 Å². The van der Waals surface area contributed by atoms with Crippen molar-refractivity contribution in [1.82, 2.24) is 9.88 Å².